The molecule has 2 N–H and O–H groups in total. The monoisotopic (exact) mass is 222 g/mol. The van der Waals surface area contributed by atoms with Crippen LogP contribution < -0.4 is 10.1 Å². The van der Waals surface area contributed by atoms with Gasteiger partial charge in [0.05, 0.1) is 11.8 Å². The molecule has 0 saturated carbocycles. The second-order valence-corrected chi connectivity index (χ2v) is 3.93. The number of rotatable bonds is 2. The van der Waals surface area contributed by atoms with Crippen molar-refractivity contribution in [2.24, 2.45) is 0 Å². The SMILES string of the molecule is C[C@@H]1C[C@@H](CNC(=O)O)c2ncccc2O1. The van der Waals surface area contributed by atoms with Gasteiger partial charge < -0.3 is 15.2 Å². The van der Waals surface area contributed by atoms with Crippen molar-refractivity contribution in [2.75, 3.05) is 6.54 Å². The van der Waals surface area contributed by atoms with Gasteiger partial charge in [0.2, 0.25) is 0 Å². The summed E-state index contributed by atoms with van der Waals surface area (Å²) in [6.45, 7) is 2.36. The van der Waals surface area contributed by atoms with Crippen LogP contribution in [0.4, 0.5) is 4.79 Å². The van der Waals surface area contributed by atoms with Crippen molar-refractivity contribution in [3.63, 3.8) is 0 Å². The third kappa shape index (κ3) is 2.24. The summed E-state index contributed by atoms with van der Waals surface area (Å²) in [4.78, 5) is 14.7. The maximum absolute atomic E-state index is 10.5. The van der Waals surface area contributed by atoms with E-state index in [2.05, 4.69) is 10.3 Å². The number of hydrogen-bond donors (Lipinski definition) is 2. The van der Waals surface area contributed by atoms with Gasteiger partial charge in [0.25, 0.3) is 0 Å². The molecule has 1 aromatic rings. The van der Waals surface area contributed by atoms with E-state index in [1.54, 1.807) is 6.20 Å². The third-order valence-electron chi connectivity index (χ3n) is 2.63. The van der Waals surface area contributed by atoms with Crippen LogP contribution in [0.2, 0.25) is 0 Å². The van der Waals surface area contributed by atoms with Crippen molar-refractivity contribution in [3.05, 3.63) is 24.0 Å². The summed E-state index contributed by atoms with van der Waals surface area (Å²) in [5, 5.41) is 11.0. The number of nitrogens with zero attached hydrogens (tertiary/aromatic N) is 1. The smallest absolute Gasteiger partial charge is 0.404 e. The minimum atomic E-state index is -1.00. The molecule has 0 aromatic carbocycles. The van der Waals surface area contributed by atoms with Gasteiger partial charge >= 0.3 is 6.09 Å². The Kier molecular flexibility index (Phi) is 2.94. The van der Waals surface area contributed by atoms with Gasteiger partial charge in [-0.15, -0.1) is 0 Å². The number of ether oxygens (including phenoxy) is 1. The number of aromatic nitrogens is 1. The zero-order valence-electron chi connectivity index (χ0n) is 9.01. The van der Waals surface area contributed by atoms with Crippen LogP contribution in [-0.2, 0) is 0 Å². The van der Waals surface area contributed by atoms with Gasteiger partial charge in [0, 0.05) is 18.7 Å². The predicted octanol–water partition coefficient (Wildman–Crippen LogP) is 1.60. The molecular weight excluding hydrogens is 208 g/mol. The van der Waals surface area contributed by atoms with Gasteiger partial charge in [-0.2, -0.15) is 0 Å². The lowest BCUT2D eigenvalue weighted by Crippen LogP contribution is -2.32. The summed E-state index contributed by atoms with van der Waals surface area (Å²) < 4.78 is 5.63. The highest BCUT2D eigenvalue weighted by Gasteiger charge is 2.27. The molecule has 0 bridgehead atoms. The molecule has 0 fully saturated rings. The first-order valence-corrected chi connectivity index (χ1v) is 5.25. The van der Waals surface area contributed by atoms with Gasteiger partial charge in [-0.1, -0.05) is 0 Å². The van der Waals surface area contributed by atoms with Crippen molar-refractivity contribution >= 4 is 6.09 Å². The molecular formula is C11H14N2O3. The Morgan fingerprint density at radius 1 is 1.75 bits per heavy atom. The van der Waals surface area contributed by atoms with E-state index in [4.69, 9.17) is 9.84 Å². The first kappa shape index (κ1) is 10.7. The zero-order valence-corrected chi connectivity index (χ0v) is 9.01. The van der Waals surface area contributed by atoms with E-state index in [0.717, 1.165) is 17.9 Å². The van der Waals surface area contributed by atoms with Crippen LogP contribution >= 0.6 is 0 Å². The molecule has 5 nitrogen and oxygen atoms in total. The van der Waals surface area contributed by atoms with Crippen molar-refractivity contribution in [1.82, 2.24) is 10.3 Å². The van der Waals surface area contributed by atoms with E-state index in [-0.39, 0.29) is 12.0 Å². The molecule has 0 unspecified atom stereocenters. The van der Waals surface area contributed by atoms with Crippen molar-refractivity contribution < 1.29 is 14.6 Å². The van der Waals surface area contributed by atoms with E-state index in [1.807, 2.05) is 19.1 Å². The Morgan fingerprint density at radius 2 is 2.56 bits per heavy atom. The van der Waals surface area contributed by atoms with Crippen LogP contribution in [0.5, 0.6) is 5.75 Å². The molecule has 1 amide bonds. The van der Waals surface area contributed by atoms with E-state index in [1.165, 1.54) is 0 Å². The third-order valence-corrected chi connectivity index (χ3v) is 2.63. The molecule has 16 heavy (non-hydrogen) atoms. The number of carboxylic acid groups (broad SMARTS) is 1. The van der Waals surface area contributed by atoms with Crippen LogP contribution in [0.15, 0.2) is 18.3 Å². The Labute approximate surface area is 93.5 Å². The molecule has 2 rings (SSSR count). The van der Waals surface area contributed by atoms with E-state index in [0.29, 0.717) is 6.54 Å². The summed E-state index contributed by atoms with van der Waals surface area (Å²) in [5.41, 5.74) is 0.842. The second-order valence-electron chi connectivity index (χ2n) is 3.93. The molecule has 1 aliphatic heterocycles. The van der Waals surface area contributed by atoms with Crippen LogP contribution in [0, 0.1) is 0 Å². The fraction of sp³-hybridized carbons (Fsp3) is 0.455. The summed E-state index contributed by atoms with van der Waals surface area (Å²) in [5.74, 6) is 0.856. The average Bonchev–Trinajstić information content (AvgIpc) is 2.25. The summed E-state index contributed by atoms with van der Waals surface area (Å²) in [6.07, 6.45) is 1.57. The van der Waals surface area contributed by atoms with Crippen LogP contribution in [0.25, 0.3) is 0 Å². The first-order chi connectivity index (χ1) is 7.66. The molecule has 2 heterocycles. The minimum absolute atomic E-state index is 0.0936. The average molecular weight is 222 g/mol. The highest BCUT2D eigenvalue weighted by atomic mass is 16.5. The second kappa shape index (κ2) is 4.38. The fourth-order valence-corrected chi connectivity index (χ4v) is 1.98. The maximum atomic E-state index is 10.5. The molecule has 5 heteroatoms. The molecule has 1 aromatic heterocycles. The quantitative estimate of drug-likeness (QED) is 0.797. The van der Waals surface area contributed by atoms with Crippen molar-refractivity contribution in [3.8, 4) is 5.75 Å². The molecule has 2 atom stereocenters. The number of fused-ring (bicyclic) bond motifs is 1. The Hall–Kier alpha value is -1.78. The maximum Gasteiger partial charge on any atom is 0.404 e. The number of pyridine rings is 1. The molecule has 0 aliphatic carbocycles. The molecule has 0 saturated heterocycles. The summed E-state index contributed by atoms with van der Waals surface area (Å²) in [7, 11) is 0. The summed E-state index contributed by atoms with van der Waals surface area (Å²) >= 11 is 0. The van der Waals surface area contributed by atoms with Gasteiger partial charge in [0.1, 0.15) is 5.75 Å². The minimum Gasteiger partial charge on any atom is -0.489 e. The normalized spacial score (nSPS) is 23.1. The number of amides is 1. The number of carbonyl (C=O) groups is 1. The van der Waals surface area contributed by atoms with Gasteiger partial charge in [0.15, 0.2) is 0 Å². The number of nitrogens with one attached hydrogen (secondary N) is 1. The van der Waals surface area contributed by atoms with Gasteiger partial charge in [-0.3, -0.25) is 4.98 Å². The number of hydrogen-bond acceptors (Lipinski definition) is 3. The summed E-state index contributed by atoms with van der Waals surface area (Å²) in [6, 6.07) is 3.68. The highest BCUT2D eigenvalue weighted by molar-refractivity contribution is 5.64. The predicted molar refractivity (Wildman–Crippen MR) is 57.7 cm³/mol. The molecule has 86 valence electrons. The first-order valence-electron chi connectivity index (χ1n) is 5.25. The van der Waals surface area contributed by atoms with Crippen LogP contribution in [0.3, 0.4) is 0 Å². The van der Waals surface area contributed by atoms with E-state index < -0.39 is 6.09 Å². The zero-order chi connectivity index (χ0) is 11.5. The standard InChI is InChI=1S/C11H14N2O3/c1-7-5-8(6-13-11(14)15)10-9(16-7)3-2-4-12-10/h2-4,7-8,13H,5-6H2,1H3,(H,14,15)/t7-,8+/m1/s1. The highest BCUT2D eigenvalue weighted by Crippen LogP contribution is 2.33. The molecule has 0 radical (unpaired) electrons. The Morgan fingerprint density at radius 3 is 3.31 bits per heavy atom. The molecule has 1 aliphatic rings. The largest absolute Gasteiger partial charge is 0.489 e. The van der Waals surface area contributed by atoms with Crippen molar-refractivity contribution in [1.29, 1.82) is 0 Å². The fourth-order valence-electron chi connectivity index (χ4n) is 1.98. The van der Waals surface area contributed by atoms with E-state index in [9.17, 15) is 4.79 Å². The lowest BCUT2D eigenvalue weighted by Gasteiger charge is -2.29. The Balaban J connectivity index is 2.16. The van der Waals surface area contributed by atoms with Gasteiger partial charge in [-0.05, 0) is 25.5 Å². The lowest BCUT2D eigenvalue weighted by molar-refractivity contribution is 0.166. The lowest BCUT2D eigenvalue weighted by atomic mass is 9.94. The van der Waals surface area contributed by atoms with Crippen LogP contribution in [-0.4, -0.2) is 28.8 Å². The molecule has 0 spiro atoms. The van der Waals surface area contributed by atoms with E-state index >= 15 is 0 Å². The van der Waals surface area contributed by atoms with Crippen molar-refractivity contribution in [2.45, 2.75) is 25.4 Å². The van der Waals surface area contributed by atoms with Gasteiger partial charge in [-0.25, -0.2) is 4.79 Å². The van der Waals surface area contributed by atoms with Crippen LogP contribution in [0.1, 0.15) is 25.0 Å². The Bertz CT molecular complexity index is 395. The topological polar surface area (TPSA) is 71.5 Å².